The number of benzene rings is 5. The molecule has 0 saturated carbocycles. The van der Waals surface area contributed by atoms with E-state index in [1.165, 1.54) is 0 Å². The van der Waals surface area contributed by atoms with E-state index in [-0.39, 0.29) is 0 Å². The summed E-state index contributed by atoms with van der Waals surface area (Å²) in [7, 11) is 0. The van der Waals surface area contributed by atoms with E-state index in [4.69, 9.17) is 0 Å². The molecule has 0 atom stereocenters. The second-order valence-electron chi connectivity index (χ2n) is 10.1. The predicted octanol–water partition coefficient (Wildman–Crippen LogP) is 9.40. The van der Waals surface area contributed by atoms with Gasteiger partial charge in [0.25, 0.3) is 0 Å². The van der Waals surface area contributed by atoms with Crippen molar-refractivity contribution in [2.24, 2.45) is 10.3 Å². The second-order valence-corrected chi connectivity index (χ2v) is 10.1. The molecule has 0 N–H and O–H groups in total. The zero-order valence-corrected chi connectivity index (χ0v) is 23.0. The lowest BCUT2D eigenvalue weighted by Gasteiger charge is -2.25. The number of hydrogen-bond acceptors (Lipinski definition) is 4. The Bertz CT molecular complexity index is 1820. The lowest BCUT2D eigenvalue weighted by molar-refractivity contribution is -0.492. The first kappa shape index (κ1) is 25.3. The summed E-state index contributed by atoms with van der Waals surface area (Å²) >= 11 is 0. The van der Waals surface area contributed by atoms with Crippen LogP contribution in [0.4, 0.5) is 22.7 Å². The van der Waals surface area contributed by atoms with Crippen LogP contribution in [0.5, 0.6) is 0 Å². The quantitative estimate of drug-likeness (QED) is 0.189. The molecule has 2 heterocycles. The fraction of sp³-hybridized carbons (Fsp3) is 0.0270. The third kappa shape index (κ3) is 5.23. The van der Waals surface area contributed by atoms with Gasteiger partial charge in [-0.1, -0.05) is 91.0 Å². The maximum atomic E-state index is 4.50. The number of hydrogen-bond donors (Lipinski definition) is 0. The van der Waals surface area contributed by atoms with E-state index in [0.717, 1.165) is 56.4 Å². The van der Waals surface area contributed by atoms with Gasteiger partial charge in [-0.2, -0.15) is 0 Å². The molecule has 5 aromatic carbocycles. The van der Waals surface area contributed by atoms with Crippen LogP contribution in [0.15, 0.2) is 168 Å². The van der Waals surface area contributed by atoms with E-state index in [1.54, 1.807) is 0 Å². The molecule has 0 saturated heterocycles. The van der Waals surface area contributed by atoms with Crippen LogP contribution < -0.4 is 4.90 Å². The van der Waals surface area contributed by atoms with Crippen LogP contribution in [0.25, 0.3) is 22.4 Å². The van der Waals surface area contributed by atoms with E-state index in [0.29, 0.717) is 6.54 Å². The molecule has 0 spiro atoms. The lowest BCUT2D eigenvalue weighted by atomic mass is 10.0. The van der Waals surface area contributed by atoms with Crippen molar-refractivity contribution in [3.8, 4) is 22.4 Å². The summed E-state index contributed by atoms with van der Waals surface area (Å²) < 4.78 is 1.93. The molecule has 0 radical (unpaired) electrons. The van der Waals surface area contributed by atoms with E-state index >= 15 is 0 Å². The summed E-state index contributed by atoms with van der Waals surface area (Å²) in [5.74, 6) is 0. The van der Waals surface area contributed by atoms with Crippen LogP contribution in [0.1, 0.15) is 5.56 Å². The van der Waals surface area contributed by atoms with Crippen molar-refractivity contribution < 1.29 is 4.70 Å². The molecule has 6 aromatic rings. The maximum Gasteiger partial charge on any atom is 0.231 e. The van der Waals surface area contributed by atoms with E-state index in [9.17, 15) is 0 Å². The van der Waals surface area contributed by atoms with Gasteiger partial charge in [0, 0.05) is 34.4 Å². The molecule has 1 aromatic heterocycles. The monoisotopic (exact) mass is 542 g/mol. The van der Waals surface area contributed by atoms with Gasteiger partial charge in [0.05, 0.1) is 10.8 Å². The third-order valence-electron chi connectivity index (χ3n) is 7.38. The Morgan fingerprint density at radius 1 is 0.500 bits per heavy atom. The van der Waals surface area contributed by atoms with Crippen molar-refractivity contribution in [2.75, 3.05) is 11.4 Å². The molecule has 42 heavy (non-hydrogen) atoms. The van der Waals surface area contributed by atoms with E-state index in [2.05, 4.69) is 135 Å². The smallest absolute Gasteiger partial charge is 0.231 e. The first-order chi connectivity index (χ1) is 20.8. The minimum atomic E-state index is 0.620. The fourth-order valence-electron chi connectivity index (χ4n) is 5.22. The Kier molecular flexibility index (Phi) is 6.89. The average Bonchev–Trinajstić information content (AvgIpc) is 3.58. The highest BCUT2D eigenvalue weighted by Gasteiger charge is 2.24. The molecule has 200 valence electrons. The highest BCUT2D eigenvalue weighted by Crippen LogP contribution is 2.35. The topological polar surface area (TPSA) is 43.9 Å². The second kappa shape index (κ2) is 11.4. The van der Waals surface area contributed by atoms with Crippen molar-refractivity contribution in [3.63, 3.8) is 0 Å². The molecular weight excluding hydrogens is 514 g/mol. The van der Waals surface area contributed by atoms with Crippen LogP contribution >= 0.6 is 0 Å². The summed E-state index contributed by atoms with van der Waals surface area (Å²) in [6.45, 7) is 0.620. The van der Waals surface area contributed by atoms with Crippen molar-refractivity contribution in [1.29, 1.82) is 0 Å². The summed E-state index contributed by atoms with van der Waals surface area (Å²) in [6.07, 6.45) is 1.81. The van der Waals surface area contributed by atoms with Crippen LogP contribution in [-0.4, -0.2) is 21.9 Å². The highest BCUT2D eigenvalue weighted by molar-refractivity contribution is 6.02. The van der Waals surface area contributed by atoms with Crippen LogP contribution in [-0.2, 0) is 0 Å². The molecule has 1 aliphatic rings. The predicted molar refractivity (Wildman–Crippen MR) is 170 cm³/mol. The maximum absolute atomic E-state index is 4.50. The van der Waals surface area contributed by atoms with E-state index in [1.807, 2.05) is 47.3 Å². The average molecular weight is 543 g/mol. The van der Waals surface area contributed by atoms with Crippen LogP contribution in [0.3, 0.4) is 0 Å². The molecule has 1 aliphatic heterocycles. The number of nitrogens with zero attached hydrogens (tertiary/aromatic N) is 5. The molecule has 0 amide bonds. The largest absolute Gasteiger partial charge is 0.311 e. The highest BCUT2D eigenvalue weighted by atomic mass is 15.5. The summed E-state index contributed by atoms with van der Waals surface area (Å²) in [6, 6.07) is 52.4. The zero-order chi connectivity index (χ0) is 28.1. The number of para-hydroxylation sites is 2. The summed E-state index contributed by atoms with van der Waals surface area (Å²) in [5.41, 5.74) is 10.7. The van der Waals surface area contributed by atoms with Crippen molar-refractivity contribution in [2.45, 2.75) is 0 Å². The van der Waals surface area contributed by atoms with Gasteiger partial charge < -0.3 is 4.90 Å². The number of anilines is 3. The standard InChI is InChI=1S/C37H28N5/c1-3-11-32(12-4-1)42(33-13-5-2-6-14-33)34-23-21-29(22-24-34)28-17-19-30(20-18-28)37-27-41(40-39-37)35-15-9-10-31(26-35)36-16-7-8-25-38-36/h1-26H,27H2/q+1. The van der Waals surface area contributed by atoms with Crippen LogP contribution in [0.2, 0.25) is 0 Å². The number of aromatic nitrogens is 1. The Labute approximate surface area is 245 Å². The minimum absolute atomic E-state index is 0.620. The summed E-state index contributed by atoms with van der Waals surface area (Å²) in [5, 5.41) is 8.96. The molecular formula is C37H28N5+. The Balaban J connectivity index is 1.07. The fourth-order valence-corrected chi connectivity index (χ4v) is 5.22. The third-order valence-corrected chi connectivity index (χ3v) is 7.38. The molecule has 5 nitrogen and oxygen atoms in total. The zero-order valence-electron chi connectivity index (χ0n) is 23.0. The van der Waals surface area contributed by atoms with Crippen molar-refractivity contribution in [1.82, 2.24) is 4.98 Å². The van der Waals surface area contributed by atoms with Gasteiger partial charge in [-0.3, -0.25) is 4.98 Å². The first-order valence-corrected chi connectivity index (χ1v) is 14.0. The van der Waals surface area contributed by atoms with Crippen molar-refractivity contribution >= 4 is 28.5 Å². The normalized spacial score (nSPS) is 12.5. The molecule has 0 fully saturated rings. The Hall–Kier alpha value is -5.68. The molecule has 0 aliphatic carbocycles. The SMILES string of the molecule is c1ccc(N(c2ccccc2)c2ccc(-c3ccc(C4=NN=[N+](c5cccc(-c6ccccn6)c5)C4)cc3)cc2)cc1. The molecule has 5 heteroatoms. The molecule has 0 bridgehead atoms. The van der Waals surface area contributed by atoms with E-state index < -0.39 is 0 Å². The Morgan fingerprint density at radius 2 is 1.10 bits per heavy atom. The minimum Gasteiger partial charge on any atom is -0.311 e. The van der Waals surface area contributed by atoms with Gasteiger partial charge in [-0.15, -0.1) is 4.70 Å². The summed E-state index contributed by atoms with van der Waals surface area (Å²) in [4.78, 5) is 6.74. The number of rotatable bonds is 7. The number of pyridine rings is 1. The Morgan fingerprint density at radius 3 is 1.74 bits per heavy atom. The van der Waals surface area contributed by atoms with Crippen molar-refractivity contribution in [3.05, 3.63) is 163 Å². The van der Waals surface area contributed by atoms with Gasteiger partial charge in [-0.25, -0.2) is 0 Å². The lowest BCUT2D eigenvalue weighted by Crippen LogP contribution is -2.11. The molecule has 0 unspecified atom stereocenters. The van der Waals surface area contributed by atoms with Gasteiger partial charge in [0.1, 0.15) is 5.22 Å². The first-order valence-electron chi connectivity index (χ1n) is 14.0. The van der Waals surface area contributed by atoms with Gasteiger partial charge in [0.2, 0.25) is 5.71 Å². The van der Waals surface area contributed by atoms with Gasteiger partial charge >= 0.3 is 0 Å². The molecule has 7 rings (SSSR count). The van der Waals surface area contributed by atoms with Crippen LogP contribution in [0, 0.1) is 0 Å². The van der Waals surface area contributed by atoms with Gasteiger partial charge in [-0.05, 0) is 71.8 Å². The van der Waals surface area contributed by atoms with Gasteiger partial charge in [0.15, 0.2) is 12.2 Å².